The Kier molecular flexibility index (Phi) is 4.98. The molecule has 0 aliphatic heterocycles. The lowest BCUT2D eigenvalue weighted by atomic mass is 9.91. The van der Waals surface area contributed by atoms with E-state index in [9.17, 15) is 4.79 Å². The van der Waals surface area contributed by atoms with Crippen LogP contribution < -0.4 is 0 Å². The minimum absolute atomic E-state index is 0.203. The Morgan fingerprint density at radius 1 is 1.24 bits per heavy atom. The topological polar surface area (TPSA) is 26.3 Å². The van der Waals surface area contributed by atoms with Crippen molar-refractivity contribution < 1.29 is 9.53 Å². The highest BCUT2D eigenvalue weighted by atomic mass is 16.5. The van der Waals surface area contributed by atoms with Gasteiger partial charge in [0.05, 0.1) is 6.61 Å². The molecule has 0 unspecified atom stereocenters. The largest absolute Gasteiger partial charge is 0.463 e. The summed E-state index contributed by atoms with van der Waals surface area (Å²) in [4.78, 5) is 11.5. The van der Waals surface area contributed by atoms with Gasteiger partial charge in [0.15, 0.2) is 0 Å². The fourth-order valence-electron chi connectivity index (χ4n) is 2.56. The monoisotopic (exact) mass is 236 g/mol. The first-order chi connectivity index (χ1) is 7.97. The number of rotatable bonds is 4. The van der Waals surface area contributed by atoms with E-state index in [4.69, 9.17) is 4.74 Å². The maximum Gasteiger partial charge on any atom is 0.331 e. The van der Waals surface area contributed by atoms with Gasteiger partial charge in [-0.25, -0.2) is 4.79 Å². The van der Waals surface area contributed by atoms with Gasteiger partial charge in [0.2, 0.25) is 0 Å². The summed E-state index contributed by atoms with van der Waals surface area (Å²) in [5.41, 5.74) is 4.07. The average Bonchev–Trinajstić information content (AvgIpc) is 2.61. The van der Waals surface area contributed by atoms with Gasteiger partial charge in [0.25, 0.3) is 0 Å². The van der Waals surface area contributed by atoms with Crippen molar-refractivity contribution in [3.05, 3.63) is 22.8 Å². The van der Waals surface area contributed by atoms with Crippen LogP contribution in [0.2, 0.25) is 0 Å². The van der Waals surface area contributed by atoms with Gasteiger partial charge < -0.3 is 4.74 Å². The van der Waals surface area contributed by atoms with E-state index >= 15 is 0 Å². The van der Waals surface area contributed by atoms with Crippen molar-refractivity contribution in [3.63, 3.8) is 0 Å². The van der Waals surface area contributed by atoms with Gasteiger partial charge in [-0.05, 0) is 42.7 Å². The molecular weight excluding hydrogens is 212 g/mol. The Morgan fingerprint density at radius 2 is 1.88 bits per heavy atom. The molecule has 0 atom stereocenters. The number of carbonyl (C=O) groups excluding carboxylic acids is 1. The van der Waals surface area contributed by atoms with Crippen molar-refractivity contribution in [2.45, 2.75) is 47.5 Å². The summed E-state index contributed by atoms with van der Waals surface area (Å²) in [6.45, 7) is 11.1. The van der Waals surface area contributed by atoms with Gasteiger partial charge in [-0.15, -0.1) is 0 Å². The molecular formula is C15H24O2. The zero-order chi connectivity index (χ0) is 13.0. The third-order valence-corrected chi connectivity index (χ3v) is 3.21. The second-order valence-corrected chi connectivity index (χ2v) is 5.17. The van der Waals surface area contributed by atoms with Crippen LogP contribution in [0.15, 0.2) is 22.8 Å². The molecule has 0 aromatic heterocycles. The molecule has 2 heteroatoms. The zero-order valence-corrected chi connectivity index (χ0v) is 11.7. The van der Waals surface area contributed by atoms with E-state index in [0.717, 1.165) is 12.8 Å². The lowest BCUT2D eigenvalue weighted by Gasteiger charge is -2.15. The van der Waals surface area contributed by atoms with Crippen molar-refractivity contribution in [2.24, 2.45) is 11.8 Å². The van der Waals surface area contributed by atoms with Crippen molar-refractivity contribution in [1.29, 1.82) is 0 Å². The van der Waals surface area contributed by atoms with Gasteiger partial charge in [-0.2, -0.15) is 0 Å². The lowest BCUT2D eigenvalue weighted by molar-refractivity contribution is -0.137. The average molecular weight is 236 g/mol. The third kappa shape index (κ3) is 3.45. The minimum Gasteiger partial charge on any atom is -0.463 e. The number of ether oxygens (including phenoxy) is 1. The van der Waals surface area contributed by atoms with Crippen LogP contribution in [0.4, 0.5) is 0 Å². The maximum atomic E-state index is 11.5. The fraction of sp³-hybridized carbons (Fsp3) is 0.667. The molecule has 0 spiro atoms. The van der Waals surface area contributed by atoms with Crippen molar-refractivity contribution in [1.82, 2.24) is 0 Å². The minimum atomic E-state index is -0.203. The Labute approximate surface area is 105 Å². The van der Waals surface area contributed by atoms with Crippen molar-refractivity contribution >= 4 is 5.97 Å². The highest BCUT2D eigenvalue weighted by Crippen LogP contribution is 2.39. The number of carbonyl (C=O) groups is 1. The van der Waals surface area contributed by atoms with Crippen molar-refractivity contribution in [3.8, 4) is 0 Å². The number of hydrogen-bond acceptors (Lipinski definition) is 2. The van der Waals surface area contributed by atoms with E-state index < -0.39 is 0 Å². The molecule has 0 heterocycles. The molecule has 1 aliphatic carbocycles. The fourth-order valence-corrected chi connectivity index (χ4v) is 2.56. The van der Waals surface area contributed by atoms with Crippen LogP contribution in [-0.4, -0.2) is 12.6 Å². The molecule has 96 valence electrons. The Bertz CT molecular complexity index is 346. The summed E-state index contributed by atoms with van der Waals surface area (Å²) in [5.74, 6) is 0.849. The van der Waals surface area contributed by atoms with Crippen LogP contribution in [0.5, 0.6) is 0 Å². The first-order valence-corrected chi connectivity index (χ1v) is 6.58. The molecule has 0 aromatic rings. The van der Waals surface area contributed by atoms with E-state index in [2.05, 4.69) is 27.7 Å². The molecule has 2 nitrogen and oxygen atoms in total. The van der Waals surface area contributed by atoms with Crippen LogP contribution in [0.1, 0.15) is 47.5 Å². The first-order valence-electron chi connectivity index (χ1n) is 6.58. The standard InChI is InChI=1S/C15H24O2/c1-6-17-14(16)9-12-7-8-13(10(2)3)15(12)11(4)5/h9-11H,6-8H2,1-5H3/b12-9+. The van der Waals surface area contributed by atoms with Crippen LogP contribution in [-0.2, 0) is 9.53 Å². The highest BCUT2D eigenvalue weighted by molar-refractivity contribution is 5.84. The molecule has 0 saturated heterocycles. The normalized spacial score (nSPS) is 18.6. The maximum absolute atomic E-state index is 11.5. The quantitative estimate of drug-likeness (QED) is 0.547. The van der Waals surface area contributed by atoms with E-state index in [0.29, 0.717) is 18.4 Å². The van der Waals surface area contributed by atoms with Crippen molar-refractivity contribution in [2.75, 3.05) is 6.61 Å². The predicted molar refractivity (Wildman–Crippen MR) is 70.7 cm³/mol. The first kappa shape index (κ1) is 14.0. The second kappa shape index (κ2) is 6.04. The Balaban J connectivity index is 2.99. The van der Waals surface area contributed by atoms with Crippen LogP contribution >= 0.6 is 0 Å². The van der Waals surface area contributed by atoms with Gasteiger partial charge >= 0.3 is 5.97 Å². The van der Waals surface area contributed by atoms with E-state index in [1.807, 2.05) is 6.92 Å². The third-order valence-electron chi connectivity index (χ3n) is 3.21. The molecule has 1 aliphatic rings. The van der Waals surface area contributed by atoms with E-state index in [1.165, 1.54) is 16.7 Å². The number of hydrogen-bond donors (Lipinski definition) is 0. The predicted octanol–water partition coefficient (Wildman–Crippen LogP) is 3.88. The Morgan fingerprint density at radius 3 is 2.35 bits per heavy atom. The van der Waals surface area contributed by atoms with E-state index in [-0.39, 0.29) is 5.97 Å². The smallest absolute Gasteiger partial charge is 0.331 e. The number of esters is 1. The molecule has 1 rings (SSSR count). The lowest BCUT2D eigenvalue weighted by Crippen LogP contribution is -2.04. The molecule has 0 amide bonds. The summed E-state index contributed by atoms with van der Waals surface area (Å²) in [6.07, 6.45) is 3.77. The highest BCUT2D eigenvalue weighted by Gasteiger charge is 2.24. The summed E-state index contributed by atoms with van der Waals surface area (Å²) < 4.78 is 4.99. The van der Waals surface area contributed by atoms with Crippen LogP contribution in [0.25, 0.3) is 0 Å². The van der Waals surface area contributed by atoms with Crippen LogP contribution in [0.3, 0.4) is 0 Å². The SMILES string of the molecule is CCOC(=O)/C=C1\CCC(C(C)C)=C1C(C)C. The molecule has 17 heavy (non-hydrogen) atoms. The molecule has 0 N–H and O–H groups in total. The summed E-state index contributed by atoms with van der Waals surface area (Å²) in [5, 5.41) is 0. The molecule has 0 fully saturated rings. The van der Waals surface area contributed by atoms with Gasteiger partial charge in [-0.3, -0.25) is 0 Å². The van der Waals surface area contributed by atoms with Gasteiger partial charge in [0, 0.05) is 6.08 Å². The zero-order valence-electron chi connectivity index (χ0n) is 11.7. The summed E-state index contributed by atoms with van der Waals surface area (Å²) in [6, 6.07) is 0. The van der Waals surface area contributed by atoms with Gasteiger partial charge in [-0.1, -0.05) is 33.3 Å². The number of allylic oxidation sites excluding steroid dienone is 3. The van der Waals surface area contributed by atoms with Crippen LogP contribution in [0, 0.1) is 11.8 Å². The van der Waals surface area contributed by atoms with E-state index in [1.54, 1.807) is 6.08 Å². The summed E-state index contributed by atoms with van der Waals surface area (Å²) in [7, 11) is 0. The molecule has 0 aromatic carbocycles. The Hall–Kier alpha value is -1.05. The van der Waals surface area contributed by atoms with Gasteiger partial charge in [0.1, 0.15) is 0 Å². The molecule has 0 bridgehead atoms. The summed E-state index contributed by atoms with van der Waals surface area (Å²) >= 11 is 0. The molecule has 0 saturated carbocycles. The second-order valence-electron chi connectivity index (χ2n) is 5.17. The molecule has 0 radical (unpaired) electrons.